The third kappa shape index (κ3) is 1.79. The summed E-state index contributed by atoms with van der Waals surface area (Å²) in [5, 5.41) is 3.32. The molecule has 66 valence electrons. The number of hydrogen-bond acceptors (Lipinski definition) is 1. The van der Waals surface area contributed by atoms with Crippen molar-refractivity contribution in [3.8, 4) is 0 Å². The van der Waals surface area contributed by atoms with Crippen LogP contribution in [0, 0.1) is 20.8 Å². The van der Waals surface area contributed by atoms with Gasteiger partial charge in [-0.25, -0.2) is 0 Å². The molecule has 0 aliphatic carbocycles. The number of anilines is 1. The van der Waals surface area contributed by atoms with Crippen LogP contribution in [0.25, 0.3) is 0 Å². The fourth-order valence-electron chi connectivity index (χ4n) is 1.34. The third-order valence-corrected chi connectivity index (χ3v) is 2.31. The van der Waals surface area contributed by atoms with Crippen LogP contribution in [-0.2, 0) is 0 Å². The lowest BCUT2D eigenvalue weighted by Crippen LogP contribution is -1.98. The fourth-order valence-corrected chi connectivity index (χ4v) is 1.34. The first-order chi connectivity index (χ1) is 5.65. The molecule has 1 nitrogen and oxygen atoms in total. The Labute approximate surface area is 74.8 Å². The zero-order valence-electron chi connectivity index (χ0n) is 8.36. The lowest BCUT2D eigenvalue weighted by Gasteiger charge is -2.09. The van der Waals surface area contributed by atoms with E-state index in [4.69, 9.17) is 0 Å². The van der Waals surface area contributed by atoms with Gasteiger partial charge in [-0.15, -0.1) is 0 Å². The van der Waals surface area contributed by atoms with Gasteiger partial charge in [-0.1, -0.05) is 0 Å². The molecule has 0 atom stereocenters. The molecule has 1 rings (SSSR count). The maximum atomic E-state index is 3.32. The fraction of sp³-hybridized carbons (Fsp3) is 0.455. The van der Waals surface area contributed by atoms with E-state index in [-0.39, 0.29) is 0 Å². The van der Waals surface area contributed by atoms with Gasteiger partial charge in [0.2, 0.25) is 0 Å². The number of rotatable bonds is 2. The zero-order valence-corrected chi connectivity index (χ0v) is 8.36. The van der Waals surface area contributed by atoms with E-state index in [0.29, 0.717) is 0 Å². The van der Waals surface area contributed by atoms with Crippen LogP contribution in [0.1, 0.15) is 23.6 Å². The lowest BCUT2D eigenvalue weighted by atomic mass is 10.0. The molecule has 0 aliphatic heterocycles. The van der Waals surface area contributed by atoms with E-state index in [1.807, 2.05) is 0 Å². The average Bonchev–Trinajstić information content (AvgIpc) is 2.01. The summed E-state index contributed by atoms with van der Waals surface area (Å²) < 4.78 is 0. The van der Waals surface area contributed by atoms with Crippen molar-refractivity contribution in [2.24, 2.45) is 0 Å². The summed E-state index contributed by atoms with van der Waals surface area (Å²) in [4.78, 5) is 0. The molecule has 1 aromatic carbocycles. The van der Waals surface area contributed by atoms with Crippen molar-refractivity contribution in [3.63, 3.8) is 0 Å². The summed E-state index contributed by atoms with van der Waals surface area (Å²) in [7, 11) is 0. The summed E-state index contributed by atoms with van der Waals surface area (Å²) in [5.41, 5.74) is 5.37. The molecule has 0 aliphatic rings. The minimum Gasteiger partial charge on any atom is -0.385 e. The van der Waals surface area contributed by atoms with Crippen LogP contribution in [0.2, 0.25) is 0 Å². The van der Waals surface area contributed by atoms with Crippen LogP contribution in [0.4, 0.5) is 5.69 Å². The van der Waals surface area contributed by atoms with Gasteiger partial charge < -0.3 is 5.32 Å². The van der Waals surface area contributed by atoms with Gasteiger partial charge in [-0.3, -0.25) is 0 Å². The van der Waals surface area contributed by atoms with Crippen molar-refractivity contribution in [1.29, 1.82) is 0 Å². The molecule has 0 heterocycles. The van der Waals surface area contributed by atoms with E-state index in [0.717, 1.165) is 6.54 Å². The van der Waals surface area contributed by atoms with Gasteiger partial charge in [0, 0.05) is 12.2 Å². The van der Waals surface area contributed by atoms with E-state index in [2.05, 4.69) is 45.1 Å². The predicted octanol–water partition coefficient (Wildman–Crippen LogP) is 3.04. The molecule has 0 unspecified atom stereocenters. The first-order valence-electron chi connectivity index (χ1n) is 4.47. The van der Waals surface area contributed by atoms with Crippen LogP contribution in [0.5, 0.6) is 0 Å². The summed E-state index contributed by atoms with van der Waals surface area (Å²) >= 11 is 0. The molecule has 12 heavy (non-hydrogen) atoms. The predicted molar refractivity (Wildman–Crippen MR) is 54.8 cm³/mol. The number of nitrogens with one attached hydrogen (secondary N) is 1. The first kappa shape index (κ1) is 9.11. The van der Waals surface area contributed by atoms with Gasteiger partial charge in [-0.05, 0) is 56.5 Å². The van der Waals surface area contributed by atoms with Gasteiger partial charge in [-0.2, -0.15) is 0 Å². The van der Waals surface area contributed by atoms with E-state index in [1.165, 1.54) is 22.4 Å². The molecule has 1 N–H and O–H groups in total. The Morgan fingerprint density at radius 2 is 1.58 bits per heavy atom. The largest absolute Gasteiger partial charge is 0.385 e. The minimum absolute atomic E-state index is 0.988. The molecule has 0 amide bonds. The van der Waals surface area contributed by atoms with Crippen molar-refractivity contribution in [2.75, 3.05) is 11.9 Å². The third-order valence-electron chi connectivity index (χ3n) is 2.31. The Morgan fingerprint density at radius 1 is 1.08 bits per heavy atom. The van der Waals surface area contributed by atoms with Crippen molar-refractivity contribution < 1.29 is 0 Å². The molecule has 0 saturated heterocycles. The van der Waals surface area contributed by atoms with Crippen LogP contribution >= 0.6 is 0 Å². The normalized spacial score (nSPS) is 10.0. The first-order valence-corrected chi connectivity index (χ1v) is 4.47. The Kier molecular flexibility index (Phi) is 2.74. The molecule has 0 radical (unpaired) electrons. The molecule has 0 spiro atoms. The second-order valence-electron chi connectivity index (χ2n) is 3.27. The van der Waals surface area contributed by atoms with E-state index < -0.39 is 0 Å². The highest BCUT2D eigenvalue weighted by Crippen LogP contribution is 2.18. The standard InChI is InChI=1S/C11H17N/c1-5-12-11-6-8(2)10(4)9(3)7-11/h6-7,12H,5H2,1-4H3. The molecular weight excluding hydrogens is 146 g/mol. The molecule has 0 fully saturated rings. The second kappa shape index (κ2) is 3.61. The van der Waals surface area contributed by atoms with Gasteiger partial charge >= 0.3 is 0 Å². The number of hydrogen-bond donors (Lipinski definition) is 1. The van der Waals surface area contributed by atoms with E-state index in [9.17, 15) is 0 Å². The molecule has 1 aromatic rings. The smallest absolute Gasteiger partial charge is 0.0345 e. The maximum Gasteiger partial charge on any atom is 0.0345 e. The number of aryl methyl sites for hydroxylation is 2. The monoisotopic (exact) mass is 163 g/mol. The lowest BCUT2D eigenvalue weighted by molar-refractivity contribution is 1.19. The Balaban J connectivity index is 3.04. The maximum absolute atomic E-state index is 3.32. The summed E-state index contributed by atoms with van der Waals surface area (Å²) in [6, 6.07) is 4.40. The summed E-state index contributed by atoms with van der Waals surface area (Å²) in [5.74, 6) is 0. The molecule has 0 saturated carbocycles. The second-order valence-corrected chi connectivity index (χ2v) is 3.27. The van der Waals surface area contributed by atoms with Gasteiger partial charge in [0.15, 0.2) is 0 Å². The number of benzene rings is 1. The van der Waals surface area contributed by atoms with Gasteiger partial charge in [0.25, 0.3) is 0 Å². The highest BCUT2D eigenvalue weighted by Gasteiger charge is 1.98. The SMILES string of the molecule is CCNc1cc(C)c(C)c(C)c1. The highest BCUT2D eigenvalue weighted by molar-refractivity contribution is 5.51. The van der Waals surface area contributed by atoms with Crippen molar-refractivity contribution in [2.45, 2.75) is 27.7 Å². The molecule has 0 aromatic heterocycles. The summed E-state index contributed by atoms with van der Waals surface area (Å²) in [6.07, 6.45) is 0. The minimum atomic E-state index is 0.988. The molecular formula is C11H17N. The quantitative estimate of drug-likeness (QED) is 0.706. The van der Waals surface area contributed by atoms with Crippen LogP contribution < -0.4 is 5.32 Å². The van der Waals surface area contributed by atoms with Crippen LogP contribution in [-0.4, -0.2) is 6.54 Å². The Morgan fingerprint density at radius 3 is 2.00 bits per heavy atom. The molecule has 0 bridgehead atoms. The van der Waals surface area contributed by atoms with Crippen molar-refractivity contribution in [3.05, 3.63) is 28.8 Å². The van der Waals surface area contributed by atoms with Crippen molar-refractivity contribution >= 4 is 5.69 Å². The van der Waals surface area contributed by atoms with Crippen LogP contribution in [0.15, 0.2) is 12.1 Å². The van der Waals surface area contributed by atoms with Crippen LogP contribution in [0.3, 0.4) is 0 Å². The average molecular weight is 163 g/mol. The van der Waals surface area contributed by atoms with E-state index in [1.54, 1.807) is 0 Å². The molecule has 1 heteroatoms. The topological polar surface area (TPSA) is 12.0 Å². The zero-order chi connectivity index (χ0) is 9.14. The van der Waals surface area contributed by atoms with Gasteiger partial charge in [0.05, 0.1) is 0 Å². The van der Waals surface area contributed by atoms with E-state index >= 15 is 0 Å². The highest BCUT2D eigenvalue weighted by atomic mass is 14.8. The van der Waals surface area contributed by atoms with Gasteiger partial charge in [0.1, 0.15) is 0 Å². The Hall–Kier alpha value is -0.980. The Bertz CT molecular complexity index is 253. The summed E-state index contributed by atoms with van der Waals surface area (Å²) in [6.45, 7) is 9.58. The van der Waals surface area contributed by atoms with Crippen molar-refractivity contribution in [1.82, 2.24) is 0 Å².